The van der Waals surface area contributed by atoms with E-state index in [2.05, 4.69) is 20.4 Å². The number of hydrogen-bond donors (Lipinski definition) is 0. The van der Waals surface area contributed by atoms with Gasteiger partial charge in [0, 0.05) is 19.3 Å². The van der Waals surface area contributed by atoms with Crippen molar-refractivity contribution >= 4 is 17.5 Å². The summed E-state index contributed by atoms with van der Waals surface area (Å²) in [4.78, 5) is 37.8. The second-order valence-corrected chi connectivity index (χ2v) is 11.3. The van der Waals surface area contributed by atoms with Gasteiger partial charge in [0.2, 0.25) is 0 Å². The number of ether oxygens (including phenoxy) is 1. The van der Waals surface area contributed by atoms with Crippen LogP contribution in [0, 0.1) is 11.3 Å². The van der Waals surface area contributed by atoms with Gasteiger partial charge in [0.15, 0.2) is 11.9 Å². The van der Waals surface area contributed by atoms with Crippen LogP contribution in [0.2, 0.25) is 0 Å². The Morgan fingerprint density at radius 2 is 1.68 bits per heavy atom. The van der Waals surface area contributed by atoms with Crippen LogP contribution in [0.1, 0.15) is 98.8 Å². The van der Waals surface area contributed by atoms with Crippen LogP contribution in [0.25, 0.3) is 0 Å². The monoisotopic (exact) mass is 506 g/mol. The van der Waals surface area contributed by atoms with Crippen molar-refractivity contribution in [3.8, 4) is 0 Å². The van der Waals surface area contributed by atoms with E-state index in [1.54, 1.807) is 13.0 Å². The van der Waals surface area contributed by atoms with Gasteiger partial charge in [-0.1, -0.05) is 106 Å². The van der Waals surface area contributed by atoms with E-state index >= 15 is 0 Å². The maximum absolute atomic E-state index is 13.1. The molecule has 37 heavy (non-hydrogen) atoms. The smallest absolute Gasteiger partial charge is 0.306 e. The number of rotatable bonds is 12. The molecule has 0 aromatic rings. The summed E-state index contributed by atoms with van der Waals surface area (Å²) in [5, 5.41) is 0. The van der Waals surface area contributed by atoms with E-state index in [1.807, 2.05) is 50.3 Å². The molecule has 1 fully saturated rings. The largest absolute Gasteiger partial charge is 0.454 e. The number of carbonyl (C=O) groups excluding carboxylic acids is 3. The molecule has 1 atom stereocenters. The fraction of sp³-hybridized carbons (Fsp3) is 0.545. The molecule has 0 spiro atoms. The molecule has 1 saturated carbocycles. The Morgan fingerprint density at radius 3 is 2.35 bits per heavy atom. The lowest BCUT2D eigenvalue weighted by molar-refractivity contribution is -0.156. The SMILES string of the molecule is C=CC=C(C)C=CC=C(C)C=CC1=C(C)C(=O)C(OC(=O)CCC(=O)CCC2CCCCC2)CC1(C)C. The molecule has 0 aromatic heterocycles. The third-order valence-electron chi connectivity index (χ3n) is 7.54. The molecular formula is C33H46O4. The molecule has 0 aliphatic heterocycles. The molecule has 0 aromatic carbocycles. The summed E-state index contributed by atoms with van der Waals surface area (Å²) in [7, 11) is 0. The minimum absolute atomic E-state index is 0.0438. The van der Waals surface area contributed by atoms with Gasteiger partial charge in [0.05, 0.1) is 6.42 Å². The van der Waals surface area contributed by atoms with Crippen LogP contribution < -0.4 is 0 Å². The van der Waals surface area contributed by atoms with Crippen molar-refractivity contribution < 1.29 is 19.1 Å². The van der Waals surface area contributed by atoms with Crippen molar-refractivity contribution in [2.24, 2.45) is 11.3 Å². The first-order chi connectivity index (χ1) is 17.5. The van der Waals surface area contributed by atoms with Crippen LogP contribution in [0.15, 0.2) is 71.4 Å². The van der Waals surface area contributed by atoms with Gasteiger partial charge in [-0.3, -0.25) is 14.4 Å². The first-order valence-corrected chi connectivity index (χ1v) is 13.8. The van der Waals surface area contributed by atoms with E-state index in [4.69, 9.17) is 4.74 Å². The summed E-state index contributed by atoms with van der Waals surface area (Å²) in [6.07, 6.45) is 21.4. The topological polar surface area (TPSA) is 60.4 Å². The van der Waals surface area contributed by atoms with E-state index in [9.17, 15) is 14.4 Å². The molecular weight excluding hydrogens is 460 g/mol. The lowest BCUT2D eigenvalue weighted by Crippen LogP contribution is -2.39. The highest BCUT2D eigenvalue weighted by Gasteiger charge is 2.39. The first-order valence-electron chi connectivity index (χ1n) is 13.8. The Bertz CT molecular complexity index is 993. The van der Waals surface area contributed by atoms with E-state index in [1.165, 1.54) is 32.1 Å². The van der Waals surface area contributed by atoms with E-state index in [0.717, 1.165) is 23.1 Å². The number of hydrogen-bond acceptors (Lipinski definition) is 4. The molecule has 0 amide bonds. The summed E-state index contributed by atoms with van der Waals surface area (Å²) >= 11 is 0. The predicted octanol–water partition coefficient (Wildman–Crippen LogP) is 8.11. The average molecular weight is 507 g/mol. The Labute approximate surface area is 224 Å². The molecule has 4 nitrogen and oxygen atoms in total. The van der Waals surface area contributed by atoms with Crippen molar-refractivity contribution in [3.05, 3.63) is 71.4 Å². The summed E-state index contributed by atoms with van der Waals surface area (Å²) < 4.78 is 5.59. The van der Waals surface area contributed by atoms with Crippen molar-refractivity contribution in [1.29, 1.82) is 0 Å². The van der Waals surface area contributed by atoms with Crippen LogP contribution in [0.5, 0.6) is 0 Å². The number of ketones is 2. The van der Waals surface area contributed by atoms with Gasteiger partial charge in [0.25, 0.3) is 0 Å². The van der Waals surface area contributed by atoms with Crippen LogP contribution in [0.4, 0.5) is 0 Å². The molecule has 0 saturated heterocycles. The second-order valence-electron chi connectivity index (χ2n) is 11.3. The Kier molecular flexibility index (Phi) is 12.2. The van der Waals surface area contributed by atoms with Gasteiger partial charge in [0.1, 0.15) is 5.78 Å². The molecule has 2 aliphatic rings. The number of Topliss-reactive ketones (excluding diaryl/α,β-unsaturated/α-hetero) is 2. The highest BCUT2D eigenvalue weighted by molar-refractivity contribution is 6.01. The van der Waals surface area contributed by atoms with Gasteiger partial charge in [-0.15, -0.1) is 0 Å². The van der Waals surface area contributed by atoms with Gasteiger partial charge in [-0.05, 0) is 49.7 Å². The van der Waals surface area contributed by atoms with Gasteiger partial charge < -0.3 is 4.74 Å². The Morgan fingerprint density at radius 1 is 1.00 bits per heavy atom. The molecule has 202 valence electrons. The van der Waals surface area contributed by atoms with Crippen LogP contribution in [-0.2, 0) is 19.1 Å². The van der Waals surface area contributed by atoms with Crippen molar-refractivity contribution in [1.82, 2.24) is 0 Å². The summed E-state index contributed by atoms with van der Waals surface area (Å²) in [6, 6.07) is 0. The highest BCUT2D eigenvalue weighted by atomic mass is 16.5. The average Bonchev–Trinajstić information content (AvgIpc) is 2.85. The summed E-state index contributed by atoms with van der Waals surface area (Å²) in [5.41, 5.74) is 3.44. The standard InChI is InChI=1S/C33H46O4/c1-7-12-24(2)13-11-14-25(3)17-21-29-26(4)32(36)30(23-33(29,5)6)37-31(35)22-20-28(34)19-18-27-15-9-8-10-16-27/h7,11-14,17,21,27,30H,1,8-10,15-16,18-20,22-23H2,2-6H3. The van der Waals surface area contributed by atoms with E-state index < -0.39 is 12.1 Å². The van der Waals surface area contributed by atoms with Gasteiger partial charge >= 0.3 is 5.97 Å². The van der Waals surface area contributed by atoms with Crippen molar-refractivity contribution in [3.63, 3.8) is 0 Å². The third-order valence-corrected chi connectivity index (χ3v) is 7.54. The third kappa shape index (κ3) is 10.3. The molecule has 4 heteroatoms. The zero-order valence-corrected chi connectivity index (χ0v) is 23.6. The molecule has 0 N–H and O–H groups in total. The van der Waals surface area contributed by atoms with Crippen molar-refractivity contribution in [2.75, 3.05) is 0 Å². The maximum Gasteiger partial charge on any atom is 0.306 e. The lowest BCUT2D eigenvalue weighted by atomic mass is 9.71. The van der Waals surface area contributed by atoms with E-state index in [-0.39, 0.29) is 29.8 Å². The highest BCUT2D eigenvalue weighted by Crippen LogP contribution is 2.41. The zero-order valence-electron chi connectivity index (χ0n) is 23.6. The predicted molar refractivity (Wildman–Crippen MR) is 152 cm³/mol. The summed E-state index contributed by atoms with van der Waals surface area (Å²) in [5.74, 6) is 0.164. The number of allylic oxidation sites excluding steroid dienone is 10. The summed E-state index contributed by atoms with van der Waals surface area (Å²) in [6.45, 7) is 13.7. The van der Waals surface area contributed by atoms with Gasteiger partial charge in [-0.2, -0.15) is 0 Å². The molecule has 2 aliphatic carbocycles. The fourth-order valence-electron chi connectivity index (χ4n) is 5.28. The van der Waals surface area contributed by atoms with Crippen LogP contribution in [-0.4, -0.2) is 23.6 Å². The number of carbonyl (C=O) groups is 3. The fourth-order valence-corrected chi connectivity index (χ4v) is 5.28. The minimum Gasteiger partial charge on any atom is -0.454 e. The second kappa shape index (κ2) is 14.9. The maximum atomic E-state index is 13.1. The van der Waals surface area contributed by atoms with Crippen LogP contribution in [0.3, 0.4) is 0 Å². The Hall–Kier alpha value is -2.75. The molecule has 1 unspecified atom stereocenters. The normalized spacial score (nSPS) is 21.6. The quantitative estimate of drug-likeness (QED) is 0.198. The first kappa shape index (κ1) is 30.5. The molecule has 0 radical (unpaired) electrons. The van der Waals surface area contributed by atoms with Gasteiger partial charge in [-0.25, -0.2) is 0 Å². The minimum atomic E-state index is -0.795. The zero-order chi connectivity index (χ0) is 27.4. The molecule has 0 bridgehead atoms. The Balaban J connectivity index is 1.92. The van der Waals surface area contributed by atoms with Crippen molar-refractivity contribution in [2.45, 2.75) is 105 Å². The number of esters is 1. The lowest BCUT2D eigenvalue weighted by Gasteiger charge is -2.36. The van der Waals surface area contributed by atoms with E-state index in [0.29, 0.717) is 24.3 Å². The van der Waals surface area contributed by atoms with Crippen LogP contribution >= 0.6 is 0 Å². The molecule has 0 heterocycles. The molecule has 2 rings (SSSR count).